The summed E-state index contributed by atoms with van der Waals surface area (Å²) in [5, 5.41) is 4.20. The molecule has 1 aliphatic rings. The molecule has 1 aromatic carbocycles. The van der Waals surface area contributed by atoms with E-state index in [-0.39, 0.29) is 11.7 Å². The van der Waals surface area contributed by atoms with Crippen LogP contribution in [0.2, 0.25) is 5.02 Å². The highest BCUT2D eigenvalue weighted by Crippen LogP contribution is 2.44. The maximum atomic E-state index is 12.5. The van der Waals surface area contributed by atoms with Gasteiger partial charge in [0, 0.05) is 23.6 Å². The molecule has 4 rings (SSSR count). The van der Waals surface area contributed by atoms with E-state index >= 15 is 0 Å². The number of sulfonamides is 1. The number of nitrogens with two attached hydrogens (primary N) is 1. The number of halogens is 1. The highest BCUT2D eigenvalue weighted by atomic mass is 35.5. The van der Waals surface area contributed by atoms with Gasteiger partial charge in [-0.25, -0.2) is 17.7 Å². The van der Waals surface area contributed by atoms with E-state index in [2.05, 4.69) is 10.1 Å². The SMILES string of the molecule is CN1C(N)=NC(C)(c2sc(-c3cccc(-c4ccno4)c3)cc2Cl)CS1(=O)=O. The zero-order valence-corrected chi connectivity index (χ0v) is 17.5. The summed E-state index contributed by atoms with van der Waals surface area (Å²) in [5.41, 5.74) is 6.63. The second-order valence-corrected chi connectivity index (χ2v) is 10.2. The van der Waals surface area contributed by atoms with Gasteiger partial charge in [-0.05, 0) is 24.6 Å². The van der Waals surface area contributed by atoms with Crippen LogP contribution in [0.25, 0.3) is 21.8 Å². The molecule has 10 heteroatoms. The first-order valence-corrected chi connectivity index (χ1v) is 11.1. The largest absolute Gasteiger partial charge is 0.369 e. The molecule has 3 aromatic rings. The molecule has 0 amide bonds. The van der Waals surface area contributed by atoms with Crippen LogP contribution in [-0.2, 0) is 15.6 Å². The number of hydrogen-bond donors (Lipinski definition) is 1. The first-order valence-electron chi connectivity index (χ1n) is 8.33. The molecule has 0 saturated carbocycles. The Morgan fingerprint density at radius 3 is 2.71 bits per heavy atom. The van der Waals surface area contributed by atoms with Crippen LogP contribution in [0.1, 0.15) is 11.8 Å². The third-order valence-corrected chi connectivity index (χ3v) is 8.41. The Kier molecular flexibility index (Phi) is 4.48. The van der Waals surface area contributed by atoms with Gasteiger partial charge >= 0.3 is 0 Å². The summed E-state index contributed by atoms with van der Waals surface area (Å²) in [6.07, 6.45) is 1.59. The fourth-order valence-corrected chi connectivity index (χ4v) is 6.29. The molecule has 2 aromatic heterocycles. The van der Waals surface area contributed by atoms with Crippen molar-refractivity contribution in [3.05, 3.63) is 52.5 Å². The second-order valence-electron chi connectivity index (χ2n) is 6.71. The van der Waals surface area contributed by atoms with Gasteiger partial charge in [0.15, 0.2) is 5.76 Å². The van der Waals surface area contributed by atoms with Gasteiger partial charge in [0.1, 0.15) is 5.54 Å². The highest BCUT2D eigenvalue weighted by Gasteiger charge is 2.42. The normalized spacial score (nSPS) is 21.5. The van der Waals surface area contributed by atoms with Crippen LogP contribution >= 0.6 is 22.9 Å². The van der Waals surface area contributed by atoms with E-state index in [1.165, 1.54) is 18.4 Å². The van der Waals surface area contributed by atoms with Crippen molar-refractivity contribution >= 4 is 38.9 Å². The van der Waals surface area contributed by atoms with Gasteiger partial charge in [0.25, 0.3) is 0 Å². The van der Waals surface area contributed by atoms with Gasteiger partial charge in [-0.1, -0.05) is 35.0 Å². The van der Waals surface area contributed by atoms with Gasteiger partial charge in [0.05, 0.1) is 21.8 Å². The highest BCUT2D eigenvalue weighted by molar-refractivity contribution is 7.89. The maximum absolute atomic E-state index is 12.5. The molecule has 0 radical (unpaired) electrons. The molecule has 7 nitrogen and oxygen atoms in total. The predicted octanol–water partition coefficient (Wildman–Crippen LogP) is 3.53. The lowest BCUT2D eigenvalue weighted by molar-refractivity contribution is 0.432. The van der Waals surface area contributed by atoms with Crippen molar-refractivity contribution in [1.82, 2.24) is 9.46 Å². The van der Waals surface area contributed by atoms with Crippen LogP contribution in [-0.4, -0.2) is 36.6 Å². The average Bonchev–Trinajstić information content (AvgIpc) is 3.29. The summed E-state index contributed by atoms with van der Waals surface area (Å²) >= 11 is 7.90. The topological polar surface area (TPSA) is 102 Å². The Hall–Kier alpha value is -2.36. The van der Waals surface area contributed by atoms with Crippen LogP contribution in [0.5, 0.6) is 0 Å². The van der Waals surface area contributed by atoms with E-state index in [0.717, 1.165) is 20.3 Å². The lowest BCUT2D eigenvalue weighted by atomic mass is 10.0. The molecule has 0 bridgehead atoms. The molecule has 1 atom stereocenters. The fourth-order valence-electron chi connectivity index (χ4n) is 3.14. The molecule has 146 valence electrons. The van der Waals surface area contributed by atoms with Crippen molar-refractivity contribution in [2.45, 2.75) is 12.5 Å². The fraction of sp³-hybridized carbons (Fsp3) is 0.222. The average molecular weight is 437 g/mol. The summed E-state index contributed by atoms with van der Waals surface area (Å²) in [4.78, 5) is 5.99. The lowest BCUT2D eigenvalue weighted by Crippen LogP contribution is -2.50. The van der Waals surface area contributed by atoms with Crippen LogP contribution in [0.3, 0.4) is 0 Å². The zero-order chi connectivity index (χ0) is 20.1. The van der Waals surface area contributed by atoms with Crippen molar-refractivity contribution in [2.24, 2.45) is 10.7 Å². The lowest BCUT2D eigenvalue weighted by Gasteiger charge is -2.33. The van der Waals surface area contributed by atoms with Crippen molar-refractivity contribution < 1.29 is 12.9 Å². The maximum Gasteiger partial charge on any atom is 0.239 e. The number of benzene rings is 1. The number of rotatable bonds is 3. The first-order chi connectivity index (χ1) is 13.2. The van der Waals surface area contributed by atoms with E-state index in [1.807, 2.05) is 30.3 Å². The van der Waals surface area contributed by atoms with Crippen molar-refractivity contribution in [3.8, 4) is 21.8 Å². The minimum absolute atomic E-state index is 0.0490. The molecule has 28 heavy (non-hydrogen) atoms. The summed E-state index contributed by atoms with van der Waals surface area (Å²) in [6, 6.07) is 11.4. The molecule has 1 unspecified atom stereocenters. The van der Waals surface area contributed by atoms with Gasteiger partial charge < -0.3 is 10.3 Å². The molecule has 1 aliphatic heterocycles. The summed E-state index contributed by atoms with van der Waals surface area (Å²) in [5.74, 6) is 0.414. The molecular weight excluding hydrogens is 420 g/mol. The molecule has 0 saturated heterocycles. The monoisotopic (exact) mass is 436 g/mol. The van der Waals surface area contributed by atoms with E-state index in [9.17, 15) is 8.42 Å². The van der Waals surface area contributed by atoms with Gasteiger partial charge in [-0.3, -0.25) is 0 Å². The van der Waals surface area contributed by atoms with Gasteiger partial charge in [-0.2, -0.15) is 0 Å². The van der Waals surface area contributed by atoms with E-state index in [0.29, 0.717) is 15.7 Å². The van der Waals surface area contributed by atoms with E-state index in [1.54, 1.807) is 19.2 Å². The Morgan fingerprint density at radius 2 is 2.04 bits per heavy atom. The number of aliphatic imine (C=N–C) groups is 1. The molecule has 3 heterocycles. The van der Waals surface area contributed by atoms with E-state index < -0.39 is 15.6 Å². The minimum Gasteiger partial charge on any atom is -0.369 e. The van der Waals surface area contributed by atoms with Crippen LogP contribution in [0, 0.1) is 0 Å². The quantitative estimate of drug-likeness (QED) is 0.676. The van der Waals surface area contributed by atoms with E-state index in [4.69, 9.17) is 21.9 Å². The third kappa shape index (κ3) is 3.19. The Morgan fingerprint density at radius 1 is 1.29 bits per heavy atom. The second kappa shape index (κ2) is 6.61. The standard InChI is InChI=1S/C18H17ClN4O3S2/c1-18(10-28(24,25)23(2)17(20)22-18)16-13(19)9-15(27-16)12-5-3-4-11(8-12)14-6-7-21-26-14/h3-9H,10H2,1-2H3,(H2,20,22). The van der Waals surface area contributed by atoms with Crippen molar-refractivity contribution in [2.75, 3.05) is 12.8 Å². The molecule has 0 aliphatic carbocycles. The Labute approximate surface area is 171 Å². The molecular formula is C18H17ClN4O3S2. The Balaban J connectivity index is 1.77. The van der Waals surface area contributed by atoms with Crippen LogP contribution < -0.4 is 5.73 Å². The number of thiophene rings is 1. The van der Waals surface area contributed by atoms with Crippen LogP contribution in [0.15, 0.2) is 52.1 Å². The molecule has 0 fully saturated rings. The molecule has 2 N–H and O–H groups in total. The van der Waals surface area contributed by atoms with Crippen molar-refractivity contribution in [1.29, 1.82) is 0 Å². The van der Waals surface area contributed by atoms with Gasteiger partial charge in [0.2, 0.25) is 16.0 Å². The van der Waals surface area contributed by atoms with Crippen molar-refractivity contribution in [3.63, 3.8) is 0 Å². The summed E-state index contributed by atoms with van der Waals surface area (Å²) in [7, 11) is -2.18. The third-order valence-electron chi connectivity index (χ3n) is 4.61. The van der Waals surface area contributed by atoms with Gasteiger partial charge in [-0.15, -0.1) is 11.3 Å². The Bertz CT molecular complexity index is 1170. The number of aromatic nitrogens is 1. The number of hydrogen-bond acceptors (Lipinski definition) is 7. The first kappa shape index (κ1) is 19.0. The number of guanidine groups is 1. The summed E-state index contributed by atoms with van der Waals surface area (Å²) < 4.78 is 31.1. The minimum atomic E-state index is -3.57. The van der Waals surface area contributed by atoms with Crippen LogP contribution in [0.4, 0.5) is 0 Å². The molecule has 0 spiro atoms. The zero-order valence-electron chi connectivity index (χ0n) is 15.1. The summed E-state index contributed by atoms with van der Waals surface area (Å²) in [6.45, 7) is 1.73. The predicted molar refractivity (Wildman–Crippen MR) is 111 cm³/mol. The smallest absolute Gasteiger partial charge is 0.239 e. The number of nitrogens with zero attached hydrogens (tertiary/aromatic N) is 3.